The second kappa shape index (κ2) is 6.06. The zero-order chi connectivity index (χ0) is 13.9. The summed E-state index contributed by atoms with van der Waals surface area (Å²) in [5, 5.41) is 7.61. The Morgan fingerprint density at radius 2 is 2.20 bits per heavy atom. The van der Waals surface area contributed by atoms with Gasteiger partial charge in [0.05, 0.1) is 0 Å². The summed E-state index contributed by atoms with van der Waals surface area (Å²) in [4.78, 5) is 4.53. The van der Waals surface area contributed by atoms with Gasteiger partial charge in [-0.3, -0.25) is 0 Å². The van der Waals surface area contributed by atoms with Crippen molar-refractivity contribution in [3.8, 4) is 11.4 Å². The first-order chi connectivity index (χ1) is 9.78. The van der Waals surface area contributed by atoms with Gasteiger partial charge in [-0.15, -0.1) is 0 Å². The van der Waals surface area contributed by atoms with Crippen LogP contribution in [0.4, 0.5) is 0 Å². The molecule has 0 spiro atoms. The Hall–Kier alpha value is -1.20. The van der Waals surface area contributed by atoms with Gasteiger partial charge in [-0.25, -0.2) is 0 Å². The molecule has 106 valence electrons. The molecule has 5 heteroatoms. The lowest BCUT2D eigenvalue weighted by molar-refractivity contribution is 0.348. The maximum Gasteiger partial charge on any atom is 0.228 e. The number of hydrogen-bond acceptors (Lipinski definition) is 4. The summed E-state index contributed by atoms with van der Waals surface area (Å²) in [5.74, 6) is 2.14. The lowest BCUT2D eigenvalue weighted by atomic mass is 10.1. The summed E-state index contributed by atoms with van der Waals surface area (Å²) in [5.41, 5.74) is 0.967. The molecular formula is C15H18BrN3O. The van der Waals surface area contributed by atoms with Crippen LogP contribution in [0.5, 0.6) is 0 Å². The summed E-state index contributed by atoms with van der Waals surface area (Å²) >= 11 is 3.52. The average molecular weight is 336 g/mol. The number of nitrogens with one attached hydrogen (secondary N) is 1. The van der Waals surface area contributed by atoms with Gasteiger partial charge in [0, 0.05) is 22.5 Å². The molecule has 1 heterocycles. The fraction of sp³-hybridized carbons (Fsp3) is 0.467. The largest absolute Gasteiger partial charge is 0.339 e. The van der Waals surface area contributed by atoms with Gasteiger partial charge in [-0.1, -0.05) is 40.1 Å². The Morgan fingerprint density at radius 1 is 1.40 bits per heavy atom. The van der Waals surface area contributed by atoms with Crippen molar-refractivity contribution in [1.29, 1.82) is 0 Å². The second-order valence-corrected chi connectivity index (χ2v) is 6.05. The number of rotatable bonds is 6. The van der Waals surface area contributed by atoms with Gasteiger partial charge in [-0.2, -0.15) is 4.98 Å². The smallest absolute Gasteiger partial charge is 0.228 e. The molecule has 2 aromatic rings. The van der Waals surface area contributed by atoms with Crippen molar-refractivity contribution in [3.05, 3.63) is 34.6 Å². The first-order valence-corrected chi connectivity index (χ1v) is 7.88. The summed E-state index contributed by atoms with van der Waals surface area (Å²) in [6.07, 6.45) is 3.43. The molecule has 1 N–H and O–H groups in total. The molecule has 0 bridgehead atoms. The van der Waals surface area contributed by atoms with Gasteiger partial charge >= 0.3 is 0 Å². The van der Waals surface area contributed by atoms with E-state index in [1.165, 1.54) is 12.8 Å². The third-order valence-electron chi connectivity index (χ3n) is 3.63. The second-order valence-electron chi connectivity index (χ2n) is 5.20. The number of nitrogens with zero attached hydrogens (tertiary/aromatic N) is 2. The van der Waals surface area contributed by atoms with E-state index in [0.29, 0.717) is 17.8 Å². The van der Waals surface area contributed by atoms with Crippen LogP contribution in [0.25, 0.3) is 11.4 Å². The standard InChI is InChI=1S/C15H18BrN3O/c1-2-17-13(10-7-8-10)9-14-18-15(19-20-14)11-5-3-4-6-12(11)16/h3-6,10,13,17H,2,7-9H2,1H3. The monoisotopic (exact) mass is 335 g/mol. The Bertz CT molecular complexity index is 580. The molecule has 0 aliphatic heterocycles. The third-order valence-corrected chi connectivity index (χ3v) is 4.33. The summed E-state index contributed by atoms with van der Waals surface area (Å²) in [7, 11) is 0. The number of benzene rings is 1. The molecule has 1 atom stereocenters. The van der Waals surface area contributed by atoms with Crippen molar-refractivity contribution in [2.24, 2.45) is 5.92 Å². The first-order valence-electron chi connectivity index (χ1n) is 7.08. The van der Waals surface area contributed by atoms with Crippen LogP contribution in [0.15, 0.2) is 33.3 Å². The normalized spacial score (nSPS) is 16.3. The zero-order valence-electron chi connectivity index (χ0n) is 11.5. The lowest BCUT2D eigenvalue weighted by Gasteiger charge is -2.14. The van der Waals surface area contributed by atoms with Crippen LogP contribution in [0.1, 0.15) is 25.7 Å². The maximum absolute atomic E-state index is 5.41. The molecule has 1 fully saturated rings. The van der Waals surface area contributed by atoms with Gasteiger partial charge in [-0.05, 0) is 37.4 Å². The van der Waals surface area contributed by atoms with E-state index in [1.54, 1.807) is 0 Å². The highest BCUT2D eigenvalue weighted by Crippen LogP contribution is 2.34. The molecule has 1 aliphatic carbocycles. The molecule has 3 rings (SSSR count). The highest BCUT2D eigenvalue weighted by molar-refractivity contribution is 9.10. The maximum atomic E-state index is 5.41. The third kappa shape index (κ3) is 3.10. The molecule has 0 amide bonds. The van der Waals surface area contributed by atoms with E-state index in [-0.39, 0.29) is 0 Å². The van der Waals surface area contributed by atoms with Crippen molar-refractivity contribution >= 4 is 15.9 Å². The Labute approximate surface area is 127 Å². The molecule has 1 unspecified atom stereocenters. The van der Waals surface area contributed by atoms with Gasteiger partial charge in [0.1, 0.15) is 0 Å². The van der Waals surface area contributed by atoms with Crippen LogP contribution in [0.3, 0.4) is 0 Å². The zero-order valence-corrected chi connectivity index (χ0v) is 13.1. The van der Waals surface area contributed by atoms with Crippen LogP contribution < -0.4 is 5.32 Å². The fourth-order valence-electron chi connectivity index (χ4n) is 2.44. The Kier molecular flexibility index (Phi) is 4.17. The predicted molar refractivity (Wildman–Crippen MR) is 81.3 cm³/mol. The molecule has 0 radical (unpaired) electrons. The van der Waals surface area contributed by atoms with Crippen molar-refractivity contribution in [2.75, 3.05) is 6.54 Å². The van der Waals surface area contributed by atoms with Crippen molar-refractivity contribution in [3.63, 3.8) is 0 Å². The Morgan fingerprint density at radius 3 is 2.90 bits per heavy atom. The van der Waals surface area contributed by atoms with Gasteiger partial charge in [0.15, 0.2) is 0 Å². The van der Waals surface area contributed by atoms with E-state index in [9.17, 15) is 0 Å². The summed E-state index contributed by atoms with van der Waals surface area (Å²) in [6, 6.07) is 8.38. The van der Waals surface area contributed by atoms with Gasteiger partial charge in [0.25, 0.3) is 0 Å². The molecule has 4 nitrogen and oxygen atoms in total. The van der Waals surface area contributed by atoms with Crippen LogP contribution in [0.2, 0.25) is 0 Å². The van der Waals surface area contributed by atoms with E-state index in [1.807, 2.05) is 24.3 Å². The molecule has 0 saturated heterocycles. The topological polar surface area (TPSA) is 51.0 Å². The number of likely N-dealkylation sites (N-methyl/N-ethyl adjacent to an activating group) is 1. The van der Waals surface area contributed by atoms with Gasteiger partial charge < -0.3 is 9.84 Å². The van der Waals surface area contributed by atoms with E-state index in [2.05, 4.69) is 38.3 Å². The number of hydrogen-bond donors (Lipinski definition) is 1. The predicted octanol–water partition coefficient (Wildman–Crippen LogP) is 3.43. The highest BCUT2D eigenvalue weighted by Gasteiger charge is 2.32. The van der Waals surface area contributed by atoms with Crippen LogP contribution in [0, 0.1) is 5.92 Å². The number of halogens is 1. The minimum atomic E-state index is 0.465. The Balaban J connectivity index is 1.75. The molecule has 1 aromatic heterocycles. The van der Waals surface area contributed by atoms with Gasteiger partial charge in [0.2, 0.25) is 11.7 Å². The van der Waals surface area contributed by atoms with E-state index in [4.69, 9.17) is 4.52 Å². The van der Waals surface area contributed by atoms with E-state index in [0.717, 1.165) is 28.9 Å². The summed E-state index contributed by atoms with van der Waals surface area (Å²) in [6.45, 7) is 3.11. The average Bonchev–Trinajstić information content (AvgIpc) is 3.20. The quantitative estimate of drug-likeness (QED) is 0.878. The number of aromatic nitrogens is 2. The molecule has 1 aromatic carbocycles. The molecule has 1 aliphatic rings. The summed E-state index contributed by atoms with van der Waals surface area (Å²) < 4.78 is 6.39. The molecule has 1 saturated carbocycles. The SMILES string of the molecule is CCNC(Cc1nc(-c2ccccc2Br)no1)C1CC1. The van der Waals surface area contributed by atoms with E-state index < -0.39 is 0 Å². The first kappa shape index (κ1) is 13.8. The van der Waals surface area contributed by atoms with Crippen LogP contribution in [-0.4, -0.2) is 22.7 Å². The minimum absolute atomic E-state index is 0.465. The molecule has 20 heavy (non-hydrogen) atoms. The van der Waals surface area contributed by atoms with Crippen molar-refractivity contribution < 1.29 is 4.52 Å². The van der Waals surface area contributed by atoms with Crippen molar-refractivity contribution in [1.82, 2.24) is 15.5 Å². The minimum Gasteiger partial charge on any atom is -0.339 e. The van der Waals surface area contributed by atoms with Crippen molar-refractivity contribution in [2.45, 2.75) is 32.2 Å². The van der Waals surface area contributed by atoms with Crippen LogP contribution in [-0.2, 0) is 6.42 Å². The fourth-order valence-corrected chi connectivity index (χ4v) is 2.91. The van der Waals surface area contributed by atoms with Crippen LogP contribution >= 0.6 is 15.9 Å². The molecular weight excluding hydrogens is 318 g/mol. The van der Waals surface area contributed by atoms with E-state index >= 15 is 0 Å². The highest BCUT2D eigenvalue weighted by atomic mass is 79.9. The lowest BCUT2D eigenvalue weighted by Crippen LogP contribution is -2.33.